The summed E-state index contributed by atoms with van der Waals surface area (Å²) >= 11 is 6.04. The number of benzene rings is 1. The SMILES string of the molecule is O[C@H]1CCCC[C@]1(O)c1ccccc1Cl. The van der Waals surface area contributed by atoms with E-state index in [1.807, 2.05) is 12.1 Å². The highest BCUT2D eigenvalue weighted by Gasteiger charge is 2.40. The summed E-state index contributed by atoms with van der Waals surface area (Å²) < 4.78 is 0. The Morgan fingerprint density at radius 2 is 2.00 bits per heavy atom. The molecule has 1 aromatic carbocycles. The number of halogens is 1. The van der Waals surface area contributed by atoms with Crippen LogP contribution in [0.25, 0.3) is 0 Å². The Kier molecular flexibility index (Phi) is 3.01. The van der Waals surface area contributed by atoms with Gasteiger partial charge in [-0.1, -0.05) is 42.6 Å². The Morgan fingerprint density at radius 1 is 1.27 bits per heavy atom. The maximum atomic E-state index is 10.5. The van der Waals surface area contributed by atoms with E-state index < -0.39 is 11.7 Å². The lowest BCUT2D eigenvalue weighted by atomic mass is 9.77. The fraction of sp³-hybridized carbons (Fsp3) is 0.500. The third-order valence-electron chi connectivity index (χ3n) is 3.18. The first kappa shape index (κ1) is 10.9. The van der Waals surface area contributed by atoms with Gasteiger partial charge in [-0.25, -0.2) is 0 Å². The third-order valence-corrected chi connectivity index (χ3v) is 3.51. The van der Waals surface area contributed by atoms with Gasteiger partial charge in [0.25, 0.3) is 0 Å². The van der Waals surface area contributed by atoms with Crippen LogP contribution < -0.4 is 0 Å². The first-order valence-corrected chi connectivity index (χ1v) is 5.68. The predicted octanol–water partition coefficient (Wildman–Crippen LogP) is 2.46. The third kappa shape index (κ3) is 1.89. The van der Waals surface area contributed by atoms with Crippen molar-refractivity contribution in [3.8, 4) is 0 Å². The highest BCUT2D eigenvalue weighted by Crippen LogP contribution is 2.40. The zero-order valence-corrected chi connectivity index (χ0v) is 9.24. The summed E-state index contributed by atoms with van der Waals surface area (Å²) in [5, 5.41) is 20.9. The van der Waals surface area contributed by atoms with Crippen LogP contribution in [0.1, 0.15) is 31.2 Å². The quantitative estimate of drug-likeness (QED) is 0.773. The fourth-order valence-corrected chi connectivity index (χ4v) is 2.56. The molecule has 82 valence electrons. The molecule has 1 saturated carbocycles. The minimum atomic E-state index is -1.16. The topological polar surface area (TPSA) is 40.5 Å². The molecular weight excluding hydrogens is 212 g/mol. The van der Waals surface area contributed by atoms with Crippen molar-refractivity contribution in [3.05, 3.63) is 34.9 Å². The number of aliphatic hydroxyl groups is 2. The van der Waals surface area contributed by atoms with Crippen LogP contribution in [0.2, 0.25) is 5.02 Å². The summed E-state index contributed by atoms with van der Waals surface area (Å²) in [6, 6.07) is 7.19. The van der Waals surface area contributed by atoms with E-state index in [0.717, 1.165) is 12.8 Å². The molecule has 1 aliphatic rings. The molecule has 0 radical (unpaired) electrons. The summed E-state index contributed by atoms with van der Waals surface area (Å²) in [6.45, 7) is 0. The van der Waals surface area contributed by atoms with Crippen molar-refractivity contribution in [1.82, 2.24) is 0 Å². The van der Waals surface area contributed by atoms with Gasteiger partial charge in [-0.2, -0.15) is 0 Å². The van der Waals surface area contributed by atoms with Gasteiger partial charge in [-0.15, -0.1) is 0 Å². The van der Waals surface area contributed by atoms with Crippen LogP contribution in [0.3, 0.4) is 0 Å². The second kappa shape index (κ2) is 4.12. The molecule has 2 nitrogen and oxygen atoms in total. The zero-order valence-electron chi connectivity index (χ0n) is 8.49. The smallest absolute Gasteiger partial charge is 0.117 e. The Balaban J connectivity index is 2.39. The van der Waals surface area contributed by atoms with Gasteiger partial charge in [0.05, 0.1) is 6.10 Å². The average Bonchev–Trinajstić information content (AvgIpc) is 2.23. The van der Waals surface area contributed by atoms with Crippen LogP contribution in [0, 0.1) is 0 Å². The molecule has 2 N–H and O–H groups in total. The van der Waals surface area contributed by atoms with E-state index in [-0.39, 0.29) is 0 Å². The normalized spacial score (nSPS) is 31.5. The van der Waals surface area contributed by atoms with E-state index in [1.54, 1.807) is 12.1 Å². The highest BCUT2D eigenvalue weighted by atomic mass is 35.5. The van der Waals surface area contributed by atoms with Gasteiger partial charge in [0, 0.05) is 10.6 Å². The molecule has 0 amide bonds. The lowest BCUT2D eigenvalue weighted by Gasteiger charge is -2.37. The maximum absolute atomic E-state index is 10.5. The summed E-state index contributed by atoms with van der Waals surface area (Å²) in [5.74, 6) is 0. The van der Waals surface area contributed by atoms with Crippen molar-refractivity contribution in [2.75, 3.05) is 0 Å². The molecule has 1 fully saturated rings. The van der Waals surface area contributed by atoms with Crippen molar-refractivity contribution in [1.29, 1.82) is 0 Å². The van der Waals surface area contributed by atoms with E-state index in [0.29, 0.717) is 23.4 Å². The largest absolute Gasteiger partial charge is 0.390 e. The number of hydrogen-bond acceptors (Lipinski definition) is 2. The van der Waals surface area contributed by atoms with Gasteiger partial charge in [0.2, 0.25) is 0 Å². The average molecular weight is 227 g/mol. The molecule has 3 heteroatoms. The van der Waals surface area contributed by atoms with Gasteiger partial charge in [-0.05, 0) is 18.9 Å². The van der Waals surface area contributed by atoms with Crippen LogP contribution in [-0.4, -0.2) is 16.3 Å². The van der Waals surface area contributed by atoms with E-state index in [1.165, 1.54) is 0 Å². The van der Waals surface area contributed by atoms with Crippen molar-refractivity contribution in [2.45, 2.75) is 37.4 Å². The molecular formula is C12H15ClO2. The van der Waals surface area contributed by atoms with Crippen LogP contribution in [0.4, 0.5) is 0 Å². The molecule has 0 aliphatic heterocycles. The van der Waals surface area contributed by atoms with Crippen LogP contribution in [0.5, 0.6) is 0 Å². The lowest BCUT2D eigenvalue weighted by Crippen LogP contribution is -2.42. The first-order chi connectivity index (χ1) is 7.14. The van der Waals surface area contributed by atoms with E-state index in [2.05, 4.69) is 0 Å². The maximum Gasteiger partial charge on any atom is 0.117 e. The van der Waals surface area contributed by atoms with Crippen molar-refractivity contribution in [2.24, 2.45) is 0 Å². The van der Waals surface area contributed by atoms with Gasteiger partial charge >= 0.3 is 0 Å². The summed E-state index contributed by atoms with van der Waals surface area (Å²) in [4.78, 5) is 0. The number of hydrogen-bond donors (Lipinski definition) is 2. The predicted molar refractivity (Wildman–Crippen MR) is 59.8 cm³/mol. The van der Waals surface area contributed by atoms with Gasteiger partial charge in [0.1, 0.15) is 5.60 Å². The molecule has 0 saturated heterocycles. The zero-order chi connectivity index (χ0) is 10.9. The first-order valence-electron chi connectivity index (χ1n) is 5.30. The minimum Gasteiger partial charge on any atom is -0.390 e. The van der Waals surface area contributed by atoms with Gasteiger partial charge < -0.3 is 10.2 Å². The molecule has 0 bridgehead atoms. The van der Waals surface area contributed by atoms with E-state index in [9.17, 15) is 10.2 Å². The second-order valence-corrected chi connectivity index (χ2v) is 4.57. The van der Waals surface area contributed by atoms with Crippen LogP contribution >= 0.6 is 11.6 Å². The molecule has 15 heavy (non-hydrogen) atoms. The molecule has 0 aromatic heterocycles. The van der Waals surface area contributed by atoms with Gasteiger partial charge in [0.15, 0.2) is 0 Å². The molecule has 2 rings (SSSR count). The minimum absolute atomic E-state index is 0.529. The Morgan fingerprint density at radius 3 is 2.67 bits per heavy atom. The molecule has 2 atom stereocenters. The summed E-state index contributed by atoms with van der Waals surface area (Å²) in [6.07, 6.45) is 2.41. The van der Waals surface area contributed by atoms with Gasteiger partial charge in [-0.3, -0.25) is 0 Å². The monoisotopic (exact) mass is 226 g/mol. The molecule has 0 spiro atoms. The van der Waals surface area contributed by atoms with Crippen molar-refractivity contribution in [3.63, 3.8) is 0 Å². The standard InChI is InChI=1S/C12H15ClO2/c13-10-6-2-1-5-9(10)12(15)8-4-3-7-11(12)14/h1-2,5-6,11,14-15H,3-4,7-8H2/t11-,12-/m0/s1. The van der Waals surface area contributed by atoms with E-state index >= 15 is 0 Å². The van der Waals surface area contributed by atoms with Crippen LogP contribution in [0.15, 0.2) is 24.3 Å². The molecule has 1 aliphatic carbocycles. The summed E-state index contributed by atoms with van der Waals surface area (Å²) in [5.41, 5.74) is -0.504. The van der Waals surface area contributed by atoms with E-state index in [4.69, 9.17) is 11.6 Å². The molecule has 1 aromatic rings. The molecule has 0 heterocycles. The lowest BCUT2D eigenvalue weighted by molar-refractivity contribution is -0.105. The van der Waals surface area contributed by atoms with Crippen molar-refractivity contribution < 1.29 is 10.2 Å². The number of aliphatic hydroxyl groups excluding tert-OH is 1. The Bertz CT molecular complexity index is 353. The van der Waals surface area contributed by atoms with Crippen LogP contribution in [-0.2, 0) is 5.60 Å². The molecule has 0 unspecified atom stereocenters. The Hall–Kier alpha value is -0.570. The van der Waals surface area contributed by atoms with Crippen molar-refractivity contribution >= 4 is 11.6 Å². The fourth-order valence-electron chi connectivity index (χ4n) is 2.26. The summed E-state index contributed by atoms with van der Waals surface area (Å²) in [7, 11) is 0. The highest BCUT2D eigenvalue weighted by molar-refractivity contribution is 6.31. The Labute approximate surface area is 94.5 Å². The number of rotatable bonds is 1. The second-order valence-electron chi connectivity index (χ2n) is 4.17.